The first kappa shape index (κ1) is 21.6. The van der Waals surface area contributed by atoms with E-state index in [0.29, 0.717) is 11.5 Å². The molecule has 0 aliphatic heterocycles. The molecule has 28 heavy (non-hydrogen) atoms. The van der Waals surface area contributed by atoms with Crippen LogP contribution in [0, 0.1) is 0 Å². The second-order valence-corrected chi connectivity index (χ2v) is 8.85. The van der Waals surface area contributed by atoms with E-state index in [1.165, 1.54) is 6.20 Å². The number of para-hydroxylation sites is 1. The standard InChI is InChI=1S/C19H27N5O3S/c1-12(2)14-8-7-9-15(13(3)4)17(14)22-18(25)23-28(26,27)19-20-11-10-16(21-19)24(5)6/h7-13H,1-6H3,(H2,22,23,25). The lowest BCUT2D eigenvalue weighted by molar-refractivity contribution is 0.256. The van der Waals surface area contributed by atoms with Gasteiger partial charge in [0, 0.05) is 26.0 Å². The van der Waals surface area contributed by atoms with Crippen molar-refractivity contribution in [3.05, 3.63) is 41.6 Å². The van der Waals surface area contributed by atoms with Crippen molar-refractivity contribution in [2.24, 2.45) is 0 Å². The SMILES string of the molecule is CC(C)c1cccc(C(C)C)c1NC(=O)NS(=O)(=O)c1nccc(N(C)C)n1. The number of hydrogen-bond donors (Lipinski definition) is 2. The number of rotatable bonds is 6. The lowest BCUT2D eigenvalue weighted by atomic mass is 9.93. The zero-order chi connectivity index (χ0) is 21.1. The largest absolute Gasteiger partial charge is 0.363 e. The van der Waals surface area contributed by atoms with Crippen LogP contribution in [-0.4, -0.2) is 38.5 Å². The van der Waals surface area contributed by atoms with Gasteiger partial charge in [0.05, 0.1) is 0 Å². The summed E-state index contributed by atoms with van der Waals surface area (Å²) in [6.45, 7) is 8.05. The van der Waals surface area contributed by atoms with Gasteiger partial charge in [-0.05, 0) is 29.0 Å². The van der Waals surface area contributed by atoms with E-state index in [2.05, 4.69) is 15.3 Å². The number of carbonyl (C=O) groups is 1. The number of benzene rings is 1. The average molecular weight is 406 g/mol. The molecule has 2 amide bonds. The smallest absolute Gasteiger partial charge is 0.333 e. The minimum absolute atomic E-state index is 0.158. The lowest BCUT2D eigenvalue weighted by Crippen LogP contribution is -2.36. The Morgan fingerprint density at radius 1 is 1.04 bits per heavy atom. The highest BCUT2D eigenvalue weighted by Gasteiger charge is 2.23. The van der Waals surface area contributed by atoms with Crippen LogP contribution in [0.4, 0.5) is 16.3 Å². The summed E-state index contributed by atoms with van der Waals surface area (Å²) in [5, 5.41) is 2.25. The molecule has 152 valence electrons. The van der Waals surface area contributed by atoms with Crippen molar-refractivity contribution in [1.82, 2.24) is 14.7 Å². The van der Waals surface area contributed by atoms with Crippen molar-refractivity contribution in [2.45, 2.75) is 44.7 Å². The maximum atomic E-state index is 12.5. The number of carbonyl (C=O) groups excluding carboxylic acids is 1. The van der Waals surface area contributed by atoms with Crippen molar-refractivity contribution >= 4 is 27.6 Å². The molecule has 0 unspecified atom stereocenters. The molecule has 0 fully saturated rings. The van der Waals surface area contributed by atoms with Crippen LogP contribution in [0.5, 0.6) is 0 Å². The summed E-state index contributed by atoms with van der Waals surface area (Å²) < 4.78 is 27.1. The molecule has 1 heterocycles. The van der Waals surface area contributed by atoms with E-state index in [0.717, 1.165) is 11.1 Å². The number of nitrogens with zero attached hydrogens (tertiary/aromatic N) is 3. The van der Waals surface area contributed by atoms with Crippen molar-refractivity contribution in [1.29, 1.82) is 0 Å². The van der Waals surface area contributed by atoms with Gasteiger partial charge in [0.15, 0.2) is 0 Å². The van der Waals surface area contributed by atoms with Gasteiger partial charge in [0.1, 0.15) is 5.82 Å². The van der Waals surface area contributed by atoms with Gasteiger partial charge >= 0.3 is 16.1 Å². The predicted octanol–water partition coefficient (Wildman–Crippen LogP) is 3.30. The van der Waals surface area contributed by atoms with E-state index in [-0.39, 0.29) is 11.8 Å². The quantitative estimate of drug-likeness (QED) is 0.715. The summed E-state index contributed by atoms with van der Waals surface area (Å²) in [7, 11) is -0.750. The predicted molar refractivity (Wildman–Crippen MR) is 110 cm³/mol. The molecular formula is C19H27N5O3S. The number of hydrogen-bond acceptors (Lipinski definition) is 6. The van der Waals surface area contributed by atoms with Crippen molar-refractivity contribution in [3.63, 3.8) is 0 Å². The van der Waals surface area contributed by atoms with E-state index in [1.807, 2.05) is 50.6 Å². The van der Waals surface area contributed by atoms with E-state index in [4.69, 9.17) is 0 Å². The van der Waals surface area contributed by atoms with Crippen LogP contribution in [0.25, 0.3) is 0 Å². The first-order valence-corrected chi connectivity index (χ1v) is 10.5. The minimum atomic E-state index is -4.21. The summed E-state index contributed by atoms with van der Waals surface area (Å²) in [4.78, 5) is 21.9. The molecule has 0 radical (unpaired) electrons. The molecule has 0 bridgehead atoms. The summed E-state index contributed by atoms with van der Waals surface area (Å²) in [6, 6.07) is 6.50. The Labute approximate surface area is 166 Å². The Balaban J connectivity index is 2.30. The Morgan fingerprint density at radius 3 is 2.11 bits per heavy atom. The molecule has 0 saturated carbocycles. The van der Waals surface area contributed by atoms with E-state index in [1.54, 1.807) is 25.1 Å². The molecule has 9 heteroatoms. The third-order valence-electron chi connectivity index (χ3n) is 4.16. The zero-order valence-corrected chi connectivity index (χ0v) is 17.8. The first-order chi connectivity index (χ1) is 13.0. The van der Waals surface area contributed by atoms with E-state index >= 15 is 0 Å². The van der Waals surface area contributed by atoms with Crippen molar-refractivity contribution in [3.8, 4) is 0 Å². The third kappa shape index (κ3) is 4.98. The molecule has 2 aromatic rings. The van der Waals surface area contributed by atoms with Crippen molar-refractivity contribution < 1.29 is 13.2 Å². The highest BCUT2D eigenvalue weighted by Crippen LogP contribution is 2.32. The fraction of sp³-hybridized carbons (Fsp3) is 0.421. The van der Waals surface area contributed by atoms with Crippen molar-refractivity contribution in [2.75, 3.05) is 24.3 Å². The summed E-state index contributed by atoms with van der Waals surface area (Å²) in [5.41, 5.74) is 2.50. The highest BCUT2D eigenvalue weighted by atomic mass is 32.2. The topological polar surface area (TPSA) is 104 Å². The van der Waals surface area contributed by atoms with Crippen LogP contribution < -0.4 is 14.9 Å². The number of amides is 2. The van der Waals surface area contributed by atoms with Gasteiger partial charge < -0.3 is 10.2 Å². The molecular weight excluding hydrogens is 378 g/mol. The van der Waals surface area contributed by atoms with Crippen LogP contribution in [0.1, 0.15) is 50.7 Å². The fourth-order valence-corrected chi connectivity index (χ4v) is 3.51. The third-order valence-corrected chi connectivity index (χ3v) is 5.29. The fourth-order valence-electron chi connectivity index (χ4n) is 2.71. The van der Waals surface area contributed by atoms with Gasteiger partial charge in [-0.2, -0.15) is 13.4 Å². The van der Waals surface area contributed by atoms with Crippen LogP contribution in [0.3, 0.4) is 0 Å². The second kappa shape index (κ2) is 8.55. The van der Waals surface area contributed by atoms with Gasteiger partial charge in [-0.3, -0.25) is 0 Å². The Morgan fingerprint density at radius 2 is 1.61 bits per heavy atom. The van der Waals surface area contributed by atoms with Crippen LogP contribution in [0.15, 0.2) is 35.6 Å². The Kier molecular flexibility index (Phi) is 6.60. The Hall–Kier alpha value is -2.68. The maximum Gasteiger partial charge on any atom is 0.333 e. The normalized spacial score (nSPS) is 11.6. The maximum absolute atomic E-state index is 12.5. The molecule has 8 nitrogen and oxygen atoms in total. The summed E-state index contributed by atoms with van der Waals surface area (Å²) in [6.07, 6.45) is 1.33. The second-order valence-electron chi connectivity index (χ2n) is 7.27. The zero-order valence-electron chi connectivity index (χ0n) is 17.0. The molecule has 0 spiro atoms. The molecule has 0 saturated heterocycles. The van der Waals surface area contributed by atoms with Gasteiger partial charge in [-0.15, -0.1) is 0 Å². The van der Waals surface area contributed by atoms with Crippen LogP contribution in [-0.2, 0) is 10.0 Å². The monoisotopic (exact) mass is 405 g/mol. The van der Waals surface area contributed by atoms with E-state index < -0.39 is 21.2 Å². The molecule has 0 aliphatic rings. The first-order valence-electron chi connectivity index (χ1n) is 9.00. The van der Waals surface area contributed by atoms with Gasteiger partial charge in [0.25, 0.3) is 5.16 Å². The minimum Gasteiger partial charge on any atom is -0.363 e. The van der Waals surface area contributed by atoms with Gasteiger partial charge in [-0.25, -0.2) is 14.5 Å². The highest BCUT2D eigenvalue weighted by molar-refractivity contribution is 7.89. The van der Waals surface area contributed by atoms with Gasteiger partial charge in [0.2, 0.25) is 0 Å². The molecule has 0 atom stereocenters. The number of aromatic nitrogens is 2. The number of sulfonamides is 1. The summed E-state index contributed by atoms with van der Waals surface area (Å²) >= 11 is 0. The Bertz CT molecular complexity index is 930. The lowest BCUT2D eigenvalue weighted by Gasteiger charge is -2.20. The van der Waals surface area contributed by atoms with Crippen LogP contribution >= 0.6 is 0 Å². The van der Waals surface area contributed by atoms with E-state index in [9.17, 15) is 13.2 Å². The molecule has 2 N–H and O–H groups in total. The molecule has 0 aliphatic carbocycles. The summed E-state index contributed by atoms with van der Waals surface area (Å²) in [5.74, 6) is 0.736. The molecule has 2 rings (SSSR count). The molecule has 1 aromatic carbocycles. The average Bonchev–Trinajstić information content (AvgIpc) is 2.61. The number of nitrogens with one attached hydrogen (secondary N) is 2. The molecule has 1 aromatic heterocycles. The van der Waals surface area contributed by atoms with Crippen LogP contribution in [0.2, 0.25) is 0 Å². The number of urea groups is 1. The number of anilines is 2. The van der Waals surface area contributed by atoms with Gasteiger partial charge in [-0.1, -0.05) is 45.9 Å².